The Kier molecular flexibility index (Phi) is 2.55. The molecule has 0 aliphatic rings. The predicted octanol–water partition coefficient (Wildman–Crippen LogP) is 1.41. The molecule has 0 bridgehead atoms. The summed E-state index contributed by atoms with van der Waals surface area (Å²) in [5.41, 5.74) is 1.09. The molecule has 0 saturated carbocycles. The van der Waals surface area contributed by atoms with Crippen molar-refractivity contribution in [3.8, 4) is 5.82 Å². The maximum absolute atomic E-state index is 5.04. The summed E-state index contributed by atoms with van der Waals surface area (Å²) in [6.45, 7) is 0.594. The first kappa shape index (κ1) is 8.90. The van der Waals surface area contributed by atoms with Crippen molar-refractivity contribution in [3.05, 3.63) is 42.4 Å². The summed E-state index contributed by atoms with van der Waals surface area (Å²) in [6, 6.07) is 5.75. The number of methoxy groups -OCH3 is 1. The SMILES string of the molecule is COCc1ccnc(-n2cccn2)c1. The molecule has 0 unspecified atom stereocenters. The summed E-state index contributed by atoms with van der Waals surface area (Å²) in [5.74, 6) is 0.810. The summed E-state index contributed by atoms with van der Waals surface area (Å²) in [4.78, 5) is 4.21. The minimum absolute atomic E-state index is 0.594. The maximum atomic E-state index is 5.04. The lowest BCUT2D eigenvalue weighted by Gasteiger charge is -2.02. The van der Waals surface area contributed by atoms with Crippen LogP contribution in [-0.4, -0.2) is 21.9 Å². The molecule has 0 radical (unpaired) electrons. The Hall–Kier alpha value is -1.68. The van der Waals surface area contributed by atoms with E-state index in [2.05, 4.69) is 10.1 Å². The molecule has 4 heteroatoms. The van der Waals surface area contributed by atoms with E-state index in [9.17, 15) is 0 Å². The molecule has 0 fully saturated rings. The second-order valence-corrected chi connectivity index (χ2v) is 2.91. The highest BCUT2D eigenvalue weighted by Gasteiger charge is 1.98. The molecule has 2 aromatic heterocycles. The number of hydrogen-bond acceptors (Lipinski definition) is 3. The third-order valence-corrected chi connectivity index (χ3v) is 1.86. The Morgan fingerprint density at radius 3 is 3.07 bits per heavy atom. The molecule has 0 amide bonds. The molecule has 72 valence electrons. The first-order valence-corrected chi connectivity index (χ1v) is 4.34. The zero-order chi connectivity index (χ0) is 9.80. The van der Waals surface area contributed by atoms with Crippen molar-refractivity contribution in [3.63, 3.8) is 0 Å². The van der Waals surface area contributed by atoms with Crippen LogP contribution in [0.4, 0.5) is 0 Å². The van der Waals surface area contributed by atoms with Crippen LogP contribution in [0.2, 0.25) is 0 Å². The van der Waals surface area contributed by atoms with Gasteiger partial charge in [0, 0.05) is 25.7 Å². The van der Waals surface area contributed by atoms with Crippen LogP contribution < -0.4 is 0 Å². The molecule has 2 aromatic rings. The van der Waals surface area contributed by atoms with Crippen molar-refractivity contribution in [1.82, 2.24) is 14.8 Å². The summed E-state index contributed by atoms with van der Waals surface area (Å²) in [6.07, 6.45) is 5.34. The van der Waals surface area contributed by atoms with Crippen molar-refractivity contribution in [2.45, 2.75) is 6.61 Å². The van der Waals surface area contributed by atoms with Gasteiger partial charge in [0.25, 0.3) is 0 Å². The number of rotatable bonds is 3. The number of hydrogen-bond donors (Lipinski definition) is 0. The number of aromatic nitrogens is 3. The molecule has 4 nitrogen and oxygen atoms in total. The van der Waals surface area contributed by atoms with E-state index in [0.717, 1.165) is 11.4 Å². The van der Waals surface area contributed by atoms with E-state index >= 15 is 0 Å². The van der Waals surface area contributed by atoms with Crippen LogP contribution in [-0.2, 0) is 11.3 Å². The summed E-state index contributed by atoms with van der Waals surface area (Å²) in [7, 11) is 1.67. The van der Waals surface area contributed by atoms with E-state index in [1.165, 1.54) is 0 Å². The van der Waals surface area contributed by atoms with Crippen molar-refractivity contribution in [1.29, 1.82) is 0 Å². The highest BCUT2D eigenvalue weighted by atomic mass is 16.5. The van der Waals surface area contributed by atoms with Gasteiger partial charge in [0.1, 0.15) is 0 Å². The Morgan fingerprint density at radius 1 is 1.43 bits per heavy atom. The lowest BCUT2D eigenvalue weighted by molar-refractivity contribution is 0.185. The van der Waals surface area contributed by atoms with Gasteiger partial charge in [0.05, 0.1) is 6.61 Å². The van der Waals surface area contributed by atoms with Crippen LogP contribution in [0.25, 0.3) is 5.82 Å². The topological polar surface area (TPSA) is 39.9 Å². The van der Waals surface area contributed by atoms with Gasteiger partial charge in [0.2, 0.25) is 0 Å². The van der Waals surface area contributed by atoms with Gasteiger partial charge in [-0.1, -0.05) is 0 Å². The second kappa shape index (κ2) is 4.02. The maximum Gasteiger partial charge on any atom is 0.153 e. The van der Waals surface area contributed by atoms with E-state index in [1.807, 2.05) is 24.4 Å². The van der Waals surface area contributed by atoms with Crippen LogP contribution in [0.3, 0.4) is 0 Å². The van der Waals surface area contributed by atoms with E-state index < -0.39 is 0 Å². The highest BCUT2D eigenvalue weighted by Crippen LogP contribution is 2.06. The normalized spacial score (nSPS) is 10.4. The average Bonchev–Trinajstić information content (AvgIpc) is 2.71. The fraction of sp³-hybridized carbons (Fsp3) is 0.200. The number of nitrogens with zero attached hydrogens (tertiary/aromatic N) is 3. The van der Waals surface area contributed by atoms with Crippen LogP contribution in [0.1, 0.15) is 5.56 Å². The van der Waals surface area contributed by atoms with Gasteiger partial charge < -0.3 is 4.74 Å². The third-order valence-electron chi connectivity index (χ3n) is 1.86. The Balaban J connectivity index is 2.31. The fourth-order valence-corrected chi connectivity index (χ4v) is 1.25. The number of ether oxygens (including phenoxy) is 1. The minimum atomic E-state index is 0.594. The third kappa shape index (κ3) is 1.80. The number of pyridine rings is 1. The molecular formula is C10H11N3O. The smallest absolute Gasteiger partial charge is 0.153 e. The molecule has 0 spiro atoms. The molecular weight excluding hydrogens is 178 g/mol. The van der Waals surface area contributed by atoms with E-state index in [-0.39, 0.29) is 0 Å². The molecule has 0 atom stereocenters. The van der Waals surface area contributed by atoms with Gasteiger partial charge in [-0.15, -0.1) is 0 Å². The second-order valence-electron chi connectivity index (χ2n) is 2.91. The van der Waals surface area contributed by atoms with Crippen molar-refractivity contribution in [2.24, 2.45) is 0 Å². The standard InChI is InChI=1S/C10H11N3O/c1-14-8-9-3-5-11-10(7-9)13-6-2-4-12-13/h2-7H,8H2,1H3. The van der Waals surface area contributed by atoms with Crippen molar-refractivity contribution in [2.75, 3.05) is 7.11 Å². The molecule has 2 heterocycles. The largest absolute Gasteiger partial charge is 0.380 e. The lowest BCUT2D eigenvalue weighted by Crippen LogP contribution is -1.99. The van der Waals surface area contributed by atoms with E-state index in [1.54, 1.807) is 24.2 Å². The Morgan fingerprint density at radius 2 is 2.36 bits per heavy atom. The summed E-state index contributed by atoms with van der Waals surface area (Å²) < 4.78 is 6.76. The minimum Gasteiger partial charge on any atom is -0.380 e. The Bertz CT molecular complexity index is 398. The van der Waals surface area contributed by atoms with Gasteiger partial charge >= 0.3 is 0 Å². The van der Waals surface area contributed by atoms with Gasteiger partial charge in [-0.2, -0.15) is 5.10 Å². The molecule has 0 N–H and O–H groups in total. The van der Waals surface area contributed by atoms with Gasteiger partial charge in [-0.05, 0) is 23.8 Å². The van der Waals surface area contributed by atoms with Gasteiger partial charge in [0.15, 0.2) is 5.82 Å². The van der Waals surface area contributed by atoms with E-state index in [0.29, 0.717) is 6.61 Å². The fourth-order valence-electron chi connectivity index (χ4n) is 1.25. The lowest BCUT2D eigenvalue weighted by atomic mass is 10.3. The quantitative estimate of drug-likeness (QED) is 0.733. The Labute approximate surface area is 82.2 Å². The molecule has 2 rings (SSSR count). The van der Waals surface area contributed by atoms with Crippen molar-refractivity contribution < 1.29 is 4.74 Å². The monoisotopic (exact) mass is 189 g/mol. The predicted molar refractivity (Wildman–Crippen MR) is 52.1 cm³/mol. The van der Waals surface area contributed by atoms with Gasteiger partial charge in [-0.25, -0.2) is 9.67 Å². The highest BCUT2D eigenvalue weighted by molar-refractivity contribution is 5.26. The summed E-state index contributed by atoms with van der Waals surface area (Å²) in [5, 5.41) is 4.10. The molecule has 0 aromatic carbocycles. The van der Waals surface area contributed by atoms with Crippen molar-refractivity contribution >= 4 is 0 Å². The first-order valence-electron chi connectivity index (χ1n) is 4.34. The van der Waals surface area contributed by atoms with Crippen LogP contribution >= 0.6 is 0 Å². The average molecular weight is 189 g/mol. The van der Waals surface area contributed by atoms with Crippen LogP contribution in [0.15, 0.2) is 36.8 Å². The van der Waals surface area contributed by atoms with E-state index in [4.69, 9.17) is 4.74 Å². The molecule has 0 aliphatic carbocycles. The zero-order valence-corrected chi connectivity index (χ0v) is 7.92. The molecule has 14 heavy (non-hydrogen) atoms. The van der Waals surface area contributed by atoms with Crippen LogP contribution in [0.5, 0.6) is 0 Å². The summed E-state index contributed by atoms with van der Waals surface area (Å²) >= 11 is 0. The van der Waals surface area contributed by atoms with Crippen LogP contribution in [0, 0.1) is 0 Å². The first-order chi connectivity index (χ1) is 6.90. The van der Waals surface area contributed by atoms with Gasteiger partial charge in [-0.3, -0.25) is 0 Å². The zero-order valence-electron chi connectivity index (χ0n) is 7.92. The molecule has 0 saturated heterocycles. The molecule has 0 aliphatic heterocycles.